The lowest BCUT2D eigenvalue weighted by molar-refractivity contribution is -0.163. The van der Waals surface area contributed by atoms with Crippen LogP contribution in [0.15, 0.2) is 0 Å². The first kappa shape index (κ1) is 24.5. The first-order valence-electron chi connectivity index (χ1n) is 12.6. The number of hydrogen-bond donors (Lipinski definition) is 0. The smallest absolute Gasteiger partial charge is 0.306 e. The summed E-state index contributed by atoms with van der Waals surface area (Å²) in [6, 6.07) is 0. The Bertz CT molecular complexity index is 661. The van der Waals surface area contributed by atoms with Crippen molar-refractivity contribution in [1.82, 2.24) is 0 Å². The van der Waals surface area contributed by atoms with Crippen molar-refractivity contribution < 1.29 is 19.1 Å². The van der Waals surface area contributed by atoms with E-state index >= 15 is 0 Å². The van der Waals surface area contributed by atoms with Gasteiger partial charge in [-0.05, 0) is 78.9 Å². The minimum Gasteiger partial charge on any atom is -0.462 e. The molecule has 0 radical (unpaired) electrons. The molecule has 4 heteroatoms. The van der Waals surface area contributed by atoms with Crippen molar-refractivity contribution in [2.75, 3.05) is 0 Å². The molecule has 3 aliphatic rings. The van der Waals surface area contributed by atoms with Gasteiger partial charge in [0.15, 0.2) is 0 Å². The lowest BCUT2D eigenvalue weighted by atomic mass is 9.55. The Kier molecular flexibility index (Phi) is 7.38. The summed E-state index contributed by atoms with van der Waals surface area (Å²) in [6.07, 6.45) is 9.52. The van der Waals surface area contributed by atoms with Crippen molar-refractivity contribution in [2.45, 2.75) is 99.0 Å². The van der Waals surface area contributed by atoms with Crippen LogP contribution in [0, 0.1) is 52.3 Å². The summed E-state index contributed by atoms with van der Waals surface area (Å²) in [5, 5.41) is 0. The second-order valence-corrected chi connectivity index (χ2v) is 12.5. The summed E-state index contributed by atoms with van der Waals surface area (Å²) in [5.41, 5.74) is 0.184. The van der Waals surface area contributed by atoms with Crippen molar-refractivity contribution in [3.05, 3.63) is 0 Å². The van der Waals surface area contributed by atoms with E-state index in [4.69, 9.17) is 4.74 Å². The van der Waals surface area contributed by atoms with Crippen LogP contribution >= 0.6 is 0 Å². The summed E-state index contributed by atoms with van der Waals surface area (Å²) < 4.78 is 5.82. The van der Waals surface area contributed by atoms with Gasteiger partial charge in [-0.3, -0.25) is 4.79 Å². The van der Waals surface area contributed by atoms with Gasteiger partial charge in [0.2, 0.25) is 0 Å². The van der Waals surface area contributed by atoms with Crippen LogP contribution in [0.2, 0.25) is 0 Å². The van der Waals surface area contributed by atoms with Gasteiger partial charge in [0.05, 0.1) is 0 Å². The topological polar surface area (TPSA) is 60.4 Å². The third-order valence-corrected chi connectivity index (χ3v) is 9.84. The highest BCUT2D eigenvalue weighted by Gasteiger charge is 2.47. The number of hydrogen-bond acceptors (Lipinski definition) is 4. The Morgan fingerprint density at radius 3 is 2.29 bits per heavy atom. The molecule has 5 unspecified atom stereocenters. The zero-order chi connectivity index (χ0) is 23.0. The van der Waals surface area contributed by atoms with Gasteiger partial charge in [-0.1, -0.05) is 48.0 Å². The van der Waals surface area contributed by atoms with Gasteiger partial charge in [0, 0.05) is 18.3 Å². The van der Waals surface area contributed by atoms with E-state index in [1.54, 1.807) is 0 Å². The molecular weight excluding hydrogens is 388 g/mol. The van der Waals surface area contributed by atoms with Gasteiger partial charge in [-0.2, -0.15) is 0 Å². The van der Waals surface area contributed by atoms with Crippen molar-refractivity contribution in [2.24, 2.45) is 52.3 Å². The van der Waals surface area contributed by atoms with Crippen molar-refractivity contribution in [3.8, 4) is 0 Å². The summed E-state index contributed by atoms with van der Waals surface area (Å²) in [4.78, 5) is 35.8. The van der Waals surface area contributed by atoms with Crippen molar-refractivity contribution in [1.29, 1.82) is 0 Å². The number of fused-ring (bicyclic) bond motifs is 1. The Morgan fingerprint density at radius 2 is 1.68 bits per heavy atom. The molecule has 1 heterocycles. The molecule has 2 aliphatic carbocycles. The summed E-state index contributed by atoms with van der Waals surface area (Å²) in [6.45, 7) is 13.7. The Hall–Kier alpha value is -1.19. The number of carbonyl (C=O) groups excluding carboxylic acids is 3. The third kappa shape index (κ3) is 5.09. The van der Waals surface area contributed by atoms with Crippen LogP contribution in [0.25, 0.3) is 0 Å². The second kappa shape index (κ2) is 9.35. The zero-order valence-corrected chi connectivity index (χ0v) is 20.6. The first-order valence-corrected chi connectivity index (χ1v) is 12.6. The molecule has 0 aromatic rings. The molecule has 1 aliphatic heterocycles. The average molecular weight is 433 g/mol. The Labute approximate surface area is 189 Å². The van der Waals surface area contributed by atoms with Gasteiger partial charge < -0.3 is 14.3 Å². The van der Waals surface area contributed by atoms with Gasteiger partial charge >= 0.3 is 5.97 Å². The summed E-state index contributed by atoms with van der Waals surface area (Å²) >= 11 is 0. The molecule has 176 valence electrons. The largest absolute Gasteiger partial charge is 0.462 e. The first-order chi connectivity index (χ1) is 14.5. The van der Waals surface area contributed by atoms with E-state index in [0.717, 1.165) is 51.1 Å². The molecule has 3 rings (SSSR count). The minimum absolute atomic E-state index is 0.00294. The number of carbonyl (C=O) groups is 3. The van der Waals surface area contributed by atoms with Gasteiger partial charge in [-0.25, -0.2) is 0 Å². The number of ether oxygens (including phenoxy) is 1. The molecule has 0 N–H and O–H groups in total. The molecule has 0 bridgehead atoms. The van der Waals surface area contributed by atoms with E-state index in [0.29, 0.717) is 36.0 Å². The molecule has 0 amide bonds. The van der Waals surface area contributed by atoms with Gasteiger partial charge in [0.25, 0.3) is 0 Å². The van der Waals surface area contributed by atoms with Crippen LogP contribution in [-0.4, -0.2) is 24.6 Å². The minimum atomic E-state index is -0.0506. The van der Waals surface area contributed by atoms with Crippen LogP contribution < -0.4 is 0 Å². The molecule has 0 aromatic heterocycles. The zero-order valence-electron chi connectivity index (χ0n) is 20.6. The third-order valence-electron chi connectivity index (χ3n) is 9.84. The fourth-order valence-electron chi connectivity index (χ4n) is 6.88. The van der Waals surface area contributed by atoms with E-state index in [-0.39, 0.29) is 34.7 Å². The normalized spacial score (nSPS) is 39.4. The SMILES string of the molecule is C[C@H]1CCC2CC(C=O)CC(C=O)C2[C@H]1CCC1C[C@@H](C(C)(C)C(C)(C)C)CC(=O)O1. The lowest BCUT2D eigenvalue weighted by Gasteiger charge is -2.50. The molecule has 8 atom stereocenters. The predicted molar refractivity (Wildman–Crippen MR) is 122 cm³/mol. The lowest BCUT2D eigenvalue weighted by Crippen LogP contribution is -2.45. The standard InChI is InChI=1S/C27H44O4/c1-17-7-8-19-11-18(15-28)12-20(16-29)25(19)23(17)10-9-22-13-21(14-24(30)31-22)27(5,6)26(2,3)4/h15-23,25H,7-14H2,1-6H3/t17-,18?,19?,20?,21+,22?,23-,25?/m0/s1. The van der Waals surface area contributed by atoms with Crippen molar-refractivity contribution in [3.63, 3.8) is 0 Å². The highest BCUT2D eigenvalue weighted by atomic mass is 16.5. The summed E-state index contributed by atoms with van der Waals surface area (Å²) in [5.74, 6) is 2.27. The van der Waals surface area contributed by atoms with E-state index in [1.165, 1.54) is 6.42 Å². The second-order valence-electron chi connectivity index (χ2n) is 12.5. The number of rotatable bonds is 6. The van der Waals surface area contributed by atoms with Crippen LogP contribution in [0.4, 0.5) is 0 Å². The maximum Gasteiger partial charge on any atom is 0.306 e. The predicted octanol–water partition coefficient (Wildman–Crippen LogP) is 5.86. The maximum atomic E-state index is 12.5. The monoisotopic (exact) mass is 432 g/mol. The van der Waals surface area contributed by atoms with Crippen molar-refractivity contribution >= 4 is 18.5 Å². The van der Waals surface area contributed by atoms with E-state index in [2.05, 4.69) is 41.5 Å². The molecule has 0 aromatic carbocycles. The van der Waals surface area contributed by atoms with Crippen LogP contribution in [0.3, 0.4) is 0 Å². The number of aldehydes is 2. The fraction of sp³-hybridized carbons (Fsp3) is 0.889. The highest BCUT2D eigenvalue weighted by Crippen LogP contribution is 2.52. The van der Waals surface area contributed by atoms with E-state index in [1.807, 2.05) is 0 Å². The summed E-state index contributed by atoms with van der Waals surface area (Å²) in [7, 11) is 0. The Morgan fingerprint density at radius 1 is 0.968 bits per heavy atom. The van der Waals surface area contributed by atoms with Gasteiger partial charge in [-0.15, -0.1) is 0 Å². The average Bonchev–Trinajstić information content (AvgIpc) is 2.71. The molecule has 2 saturated carbocycles. The molecule has 1 saturated heterocycles. The van der Waals surface area contributed by atoms with Crippen LogP contribution in [0.1, 0.15) is 92.9 Å². The van der Waals surface area contributed by atoms with Crippen LogP contribution in [0.5, 0.6) is 0 Å². The molecule has 31 heavy (non-hydrogen) atoms. The quantitative estimate of drug-likeness (QED) is 0.389. The molecule has 0 spiro atoms. The molecule has 3 fully saturated rings. The van der Waals surface area contributed by atoms with Gasteiger partial charge in [0.1, 0.15) is 18.7 Å². The van der Waals surface area contributed by atoms with E-state index in [9.17, 15) is 14.4 Å². The fourth-order valence-corrected chi connectivity index (χ4v) is 6.88. The van der Waals surface area contributed by atoms with E-state index < -0.39 is 0 Å². The number of esters is 1. The Balaban J connectivity index is 1.69. The van der Waals surface area contributed by atoms with Crippen LogP contribution in [-0.2, 0) is 19.1 Å². The maximum absolute atomic E-state index is 12.5. The molecular formula is C27H44O4. The molecule has 4 nitrogen and oxygen atoms in total. The number of cyclic esters (lactones) is 1. The highest BCUT2D eigenvalue weighted by molar-refractivity contribution is 5.70.